The molecular formula is C74H67BN4. The number of hydrogen-bond donors (Lipinski definition) is 0. The van der Waals surface area contributed by atoms with Crippen molar-refractivity contribution < 1.29 is 0 Å². The molecule has 0 amide bonds. The average molecular weight is 1020 g/mol. The van der Waals surface area contributed by atoms with Gasteiger partial charge in [-0.05, 0) is 147 Å². The van der Waals surface area contributed by atoms with Crippen molar-refractivity contribution in [2.45, 2.75) is 105 Å². The van der Waals surface area contributed by atoms with E-state index in [-0.39, 0.29) is 28.4 Å². The Morgan fingerprint density at radius 1 is 0.367 bits per heavy atom. The standard InChI is InChI=1S/C74H67BN4/c1-71(2,3)51-33-48(34-52(41-51)72(4,5)6)55-25-27-59-69-66(55)57-37-46(44-19-15-13-16-20-44)23-29-62(57)78(69)64-39-50(61-31-32-76-43-77-61)40-65-68(64)75(59)60-28-26-56(49-35-53(73(7,8)9)42-54(36-49)74(10,11)12)67-58-38-47(45-21-17-14-18-22-45)24-30-63(58)79(65)70(60)67/h13-43H,1-12H3. The Morgan fingerprint density at radius 2 is 0.785 bits per heavy atom. The van der Waals surface area contributed by atoms with Crippen molar-refractivity contribution in [3.8, 4) is 67.1 Å². The first-order valence-corrected chi connectivity index (χ1v) is 28.3. The summed E-state index contributed by atoms with van der Waals surface area (Å²) in [5, 5.41) is 5.07. The predicted octanol–water partition coefficient (Wildman–Crippen LogP) is 17.3. The highest BCUT2D eigenvalue weighted by Crippen LogP contribution is 2.48. The molecule has 3 aromatic heterocycles. The summed E-state index contributed by atoms with van der Waals surface area (Å²) >= 11 is 0. The quantitative estimate of drug-likeness (QED) is 0.161. The van der Waals surface area contributed by atoms with Gasteiger partial charge in [0.15, 0.2) is 0 Å². The molecule has 79 heavy (non-hydrogen) atoms. The van der Waals surface area contributed by atoms with Gasteiger partial charge in [-0.1, -0.05) is 217 Å². The zero-order valence-electron chi connectivity index (χ0n) is 47.8. The van der Waals surface area contributed by atoms with Crippen LogP contribution in [-0.4, -0.2) is 25.8 Å². The van der Waals surface area contributed by atoms with Crippen molar-refractivity contribution in [2.24, 2.45) is 0 Å². The molecule has 0 spiro atoms. The molecule has 9 aromatic carbocycles. The van der Waals surface area contributed by atoms with Gasteiger partial charge in [-0.2, -0.15) is 0 Å². The molecule has 0 bridgehead atoms. The summed E-state index contributed by atoms with van der Waals surface area (Å²) in [5.74, 6) is 0. The second-order valence-electron chi connectivity index (χ2n) is 26.8. The summed E-state index contributed by atoms with van der Waals surface area (Å²) in [5.41, 5.74) is 28.2. The molecule has 0 aliphatic carbocycles. The van der Waals surface area contributed by atoms with Gasteiger partial charge in [0.25, 0.3) is 6.71 Å². The molecule has 386 valence electrons. The molecule has 5 heteroatoms. The van der Waals surface area contributed by atoms with E-state index in [1.165, 1.54) is 138 Å². The van der Waals surface area contributed by atoms with Gasteiger partial charge >= 0.3 is 0 Å². The lowest BCUT2D eigenvalue weighted by molar-refractivity contribution is 0.568. The summed E-state index contributed by atoms with van der Waals surface area (Å²) in [6.45, 7) is 28.1. The van der Waals surface area contributed by atoms with Crippen LogP contribution in [0.25, 0.3) is 111 Å². The van der Waals surface area contributed by atoms with Crippen LogP contribution < -0.4 is 16.4 Å². The largest absolute Gasteiger partial charge is 0.310 e. The minimum Gasteiger partial charge on any atom is -0.310 e. The van der Waals surface area contributed by atoms with Gasteiger partial charge in [0, 0.05) is 55.7 Å². The van der Waals surface area contributed by atoms with Crippen molar-refractivity contribution in [1.29, 1.82) is 0 Å². The molecule has 0 unspecified atom stereocenters. The highest BCUT2D eigenvalue weighted by atomic mass is 15.0. The van der Waals surface area contributed by atoms with Crippen LogP contribution in [0.2, 0.25) is 0 Å². The number of benzene rings is 9. The minimum atomic E-state index is -0.0783. The Hall–Kier alpha value is -8.28. The maximum absolute atomic E-state index is 4.98. The Balaban J connectivity index is 1.16. The number of fused-ring (bicyclic) bond motifs is 10. The Bertz CT molecular complexity index is 4160. The molecule has 0 N–H and O–H groups in total. The average Bonchev–Trinajstić information content (AvgIpc) is 2.84. The van der Waals surface area contributed by atoms with Gasteiger partial charge < -0.3 is 9.13 Å². The van der Waals surface area contributed by atoms with Crippen LogP contribution in [0.3, 0.4) is 0 Å². The molecule has 2 aliphatic rings. The van der Waals surface area contributed by atoms with Gasteiger partial charge in [0.05, 0.1) is 16.7 Å². The van der Waals surface area contributed by atoms with Crippen molar-refractivity contribution in [2.75, 3.05) is 0 Å². The van der Waals surface area contributed by atoms with E-state index < -0.39 is 0 Å². The molecule has 0 radical (unpaired) electrons. The second kappa shape index (κ2) is 17.1. The van der Waals surface area contributed by atoms with Crippen LogP contribution in [0.5, 0.6) is 0 Å². The van der Waals surface area contributed by atoms with Crippen molar-refractivity contribution in [1.82, 2.24) is 19.1 Å². The Morgan fingerprint density at radius 3 is 1.16 bits per heavy atom. The van der Waals surface area contributed by atoms with E-state index >= 15 is 0 Å². The summed E-state index contributed by atoms with van der Waals surface area (Å²) in [7, 11) is 0. The fourth-order valence-corrected chi connectivity index (χ4v) is 13.1. The summed E-state index contributed by atoms with van der Waals surface area (Å²) in [4.78, 5) is 9.40. The van der Waals surface area contributed by atoms with Crippen LogP contribution in [0, 0.1) is 0 Å². The van der Waals surface area contributed by atoms with Crippen LogP contribution in [0.1, 0.15) is 105 Å². The fourth-order valence-electron chi connectivity index (χ4n) is 13.1. The van der Waals surface area contributed by atoms with E-state index in [0.29, 0.717) is 0 Å². The van der Waals surface area contributed by atoms with E-state index in [1.54, 1.807) is 6.33 Å². The van der Waals surface area contributed by atoms with Gasteiger partial charge in [-0.15, -0.1) is 0 Å². The molecule has 12 aromatic rings. The van der Waals surface area contributed by atoms with E-state index in [4.69, 9.17) is 4.98 Å². The van der Waals surface area contributed by atoms with Crippen molar-refractivity contribution in [3.05, 3.63) is 211 Å². The Labute approximate surface area is 465 Å². The van der Waals surface area contributed by atoms with Gasteiger partial charge in [0.1, 0.15) is 6.33 Å². The van der Waals surface area contributed by atoms with E-state index in [0.717, 1.165) is 11.3 Å². The lowest BCUT2D eigenvalue weighted by atomic mass is 9.34. The third-order valence-electron chi connectivity index (χ3n) is 17.5. The highest BCUT2D eigenvalue weighted by Gasteiger charge is 2.42. The van der Waals surface area contributed by atoms with Gasteiger partial charge in [-0.25, -0.2) is 9.97 Å². The van der Waals surface area contributed by atoms with Crippen molar-refractivity contribution >= 4 is 66.7 Å². The molecule has 0 saturated heterocycles. The topological polar surface area (TPSA) is 35.6 Å². The SMILES string of the molecule is CC(C)(C)c1cc(-c2ccc3c4c2c2cc(-c5ccccc5)ccc2n4-c2cc(-c4ccncn4)cc4c2B3c2ccc(-c3cc(C(C)(C)C)cc(C(C)(C)C)c3)c3c5cc(-c6ccccc6)ccc5n-4c23)cc(C(C)(C)C)c1. The Kier molecular flexibility index (Phi) is 10.6. The molecule has 14 rings (SSSR count). The summed E-state index contributed by atoms with van der Waals surface area (Å²) in [6, 6.07) is 67.8. The molecule has 2 aliphatic heterocycles. The normalized spacial score (nSPS) is 13.3. The number of rotatable bonds is 5. The van der Waals surface area contributed by atoms with E-state index in [2.05, 4.69) is 273 Å². The second-order valence-corrected chi connectivity index (χ2v) is 26.8. The molecule has 0 saturated carbocycles. The first kappa shape index (κ1) is 49.1. The third kappa shape index (κ3) is 7.71. The lowest BCUT2D eigenvalue weighted by Gasteiger charge is -2.34. The maximum atomic E-state index is 4.98. The molecule has 5 heterocycles. The fraction of sp³-hybridized carbons (Fsp3) is 0.216. The van der Waals surface area contributed by atoms with Gasteiger partial charge in [-0.3, -0.25) is 0 Å². The zero-order valence-corrected chi connectivity index (χ0v) is 47.8. The lowest BCUT2D eigenvalue weighted by Crippen LogP contribution is -2.59. The predicted molar refractivity (Wildman–Crippen MR) is 337 cm³/mol. The summed E-state index contributed by atoms with van der Waals surface area (Å²) in [6.07, 6.45) is 3.56. The smallest absolute Gasteiger partial charge is 0.252 e. The van der Waals surface area contributed by atoms with Crippen LogP contribution in [0.4, 0.5) is 0 Å². The van der Waals surface area contributed by atoms with E-state index in [9.17, 15) is 0 Å². The molecule has 4 nitrogen and oxygen atoms in total. The molecule has 0 atom stereocenters. The highest BCUT2D eigenvalue weighted by molar-refractivity contribution is 7.00. The van der Waals surface area contributed by atoms with E-state index in [1.807, 2.05) is 6.20 Å². The van der Waals surface area contributed by atoms with Gasteiger partial charge in [0.2, 0.25) is 0 Å². The van der Waals surface area contributed by atoms with Crippen molar-refractivity contribution in [3.63, 3.8) is 0 Å². The molecule has 0 fully saturated rings. The number of hydrogen-bond acceptors (Lipinski definition) is 2. The molecular weight excluding hydrogens is 956 g/mol. The number of nitrogens with zero attached hydrogens (tertiary/aromatic N) is 4. The van der Waals surface area contributed by atoms with Crippen LogP contribution >= 0.6 is 0 Å². The zero-order chi connectivity index (χ0) is 54.7. The monoisotopic (exact) mass is 1020 g/mol. The first-order valence-electron chi connectivity index (χ1n) is 28.3. The maximum Gasteiger partial charge on any atom is 0.252 e. The first-order chi connectivity index (χ1) is 37.7. The van der Waals surface area contributed by atoms with Crippen LogP contribution in [-0.2, 0) is 21.7 Å². The summed E-state index contributed by atoms with van der Waals surface area (Å²) < 4.78 is 5.25. The number of aromatic nitrogens is 4. The van der Waals surface area contributed by atoms with Crippen LogP contribution in [0.15, 0.2) is 188 Å². The third-order valence-corrected chi connectivity index (χ3v) is 17.5. The minimum absolute atomic E-state index is 0.0515.